The van der Waals surface area contributed by atoms with Crippen LogP contribution < -0.4 is 18.9 Å². The zero-order valence-corrected chi connectivity index (χ0v) is 30.2. The lowest BCUT2D eigenvalue weighted by atomic mass is 10.1. The molecule has 0 aromatic heterocycles. The van der Waals surface area contributed by atoms with Gasteiger partial charge in [0, 0.05) is 34.0 Å². The van der Waals surface area contributed by atoms with Crippen molar-refractivity contribution in [3.63, 3.8) is 0 Å². The van der Waals surface area contributed by atoms with Gasteiger partial charge in [-0.05, 0) is 65.7 Å². The Morgan fingerprint density at radius 3 is 1.33 bits per heavy atom. The molecule has 0 aliphatic rings. The number of methoxy groups -OCH3 is 4. The highest BCUT2D eigenvalue weighted by atomic mass is 16.7. The van der Waals surface area contributed by atoms with Crippen LogP contribution in [0, 0.1) is 63.2 Å². The molecule has 0 aliphatic carbocycles. The summed E-state index contributed by atoms with van der Waals surface area (Å²) in [5.41, 5.74) is 1.59. The first kappa shape index (κ1) is 47.4. The van der Waals surface area contributed by atoms with E-state index in [1.807, 2.05) is 0 Å². The van der Waals surface area contributed by atoms with Gasteiger partial charge in [0.2, 0.25) is 0 Å². The van der Waals surface area contributed by atoms with Crippen LogP contribution in [0.25, 0.3) is 17.0 Å². The third kappa shape index (κ3) is 20.1. The molecule has 0 fully saturated rings. The van der Waals surface area contributed by atoms with Crippen molar-refractivity contribution in [2.24, 2.45) is 0 Å². The van der Waals surface area contributed by atoms with E-state index < -0.39 is 0 Å². The fourth-order valence-corrected chi connectivity index (χ4v) is 3.34. The Bertz CT molecular complexity index is 1930. The summed E-state index contributed by atoms with van der Waals surface area (Å²) in [6.45, 7) is 6.33. The Morgan fingerprint density at radius 2 is 0.982 bits per heavy atom. The SMILES string of the molecule is COCOc1ccc(C=C(C#N)C#N)cc1OCOC.COCOc1ccc(C=O)cc1OCOC.N#CC(C#N)=Cc1ccc(O)c(O)c1.[C-]#[N+]CC#N. The van der Waals surface area contributed by atoms with Crippen molar-refractivity contribution in [1.29, 1.82) is 26.3 Å². The van der Waals surface area contributed by atoms with Crippen molar-refractivity contribution < 1.29 is 52.9 Å². The molecule has 0 saturated heterocycles. The molecule has 3 rings (SSSR count). The number of hydrogen-bond donors (Lipinski definition) is 2. The molecular weight excluding hydrogens is 716 g/mol. The number of rotatable bonds is 15. The second kappa shape index (κ2) is 30.1. The molecule has 0 bridgehead atoms. The molecule has 55 heavy (non-hydrogen) atoms. The predicted molar refractivity (Wildman–Crippen MR) is 194 cm³/mol. The number of aromatic hydroxyl groups is 2. The highest BCUT2D eigenvalue weighted by molar-refractivity contribution is 5.76. The van der Waals surface area contributed by atoms with Gasteiger partial charge < -0.3 is 53.0 Å². The van der Waals surface area contributed by atoms with Gasteiger partial charge in [0.05, 0.1) is 0 Å². The van der Waals surface area contributed by atoms with E-state index in [0.29, 0.717) is 39.7 Å². The van der Waals surface area contributed by atoms with Crippen molar-refractivity contribution >= 4 is 18.4 Å². The van der Waals surface area contributed by atoms with E-state index in [0.717, 1.165) is 6.29 Å². The van der Waals surface area contributed by atoms with E-state index in [1.54, 1.807) is 66.7 Å². The number of nitrogens with zero attached hydrogens (tertiary/aromatic N) is 6. The fraction of sp³-hybridized carbons (Fsp3) is 0.237. The maximum atomic E-state index is 10.6. The van der Waals surface area contributed by atoms with Crippen LogP contribution in [-0.4, -0.2) is 78.7 Å². The molecule has 0 amide bonds. The lowest BCUT2D eigenvalue weighted by molar-refractivity contribution is 0.0322. The van der Waals surface area contributed by atoms with Crippen molar-refractivity contribution in [2.45, 2.75) is 0 Å². The van der Waals surface area contributed by atoms with E-state index in [-0.39, 0.29) is 56.4 Å². The van der Waals surface area contributed by atoms with E-state index >= 15 is 0 Å². The molecule has 17 heteroatoms. The summed E-state index contributed by atoms with van der Waals surface area (Å²) in [6, 6.07) is 22.6. The number of aldehydes is 1. The van der Waals surface area contributed by atoms with Gasteiger partial charge in [-0.2, -0.15) is 26.3 Å². The summed E-state index contributed by atoms with van der Waals surface area (Å²) >= 11 is 0. The lowest BCUT2D eigenvalue weighted by Crippen LogP contribution is -2.04. The Morgan fingerprint density at radius 1 is 0.600 bits per heavy atom. The Kier molecular flexibility index (Phi) is 25.9. The number of carbonyl (C=O) groups is 1. The topological polar surface area (TPSA) is 255 Å². The second-order valence-corrected chi connectivity index (χ2v) is 9.52. The zero-order chi connectivity index (χ0) is 41.3. The van der Waals surface area contributed by atoms with Crippen LogP contribution in [0.2, 0.25) is 0 Å². The zero-order valence-electron chi connectivity index (χ0n) is 30.2. The van der Waals surface area contributed by atoms with Gasteiger partial charge in [-0.1, -0.05) is 12.1 Å². The summed E-state index contributed by atoms with van der Waals surface area (Å²) in [4.78, 5) is 13.3. The van der Waals surface area contributed by atoms with Crippen LogP contribution in [0.1, 0.15) is 21.5 Å². The average molecular weight is 753 g/mol. The van der Waals surface area contributed by atoms with Gasteiger partial charge in [-0.25, -0.2) is 6.57 Å². The highest BCUT2D eigenvalue weighted by Gasteiger charge is 2.08. The van der Waals surface area contributed by atoms with Crippen LogP contribution in [-0.2, 0) is 18.9 Å². The molecule has 284 valence electrons. The van der Waals surface area contributed by atoms with Gasteiger partial charge in [0.1, 0.15) is 47.8 Å². The third-order valence-corrected chi connectivity index (χ3v) is 5.65. The molecule has 0 aliphatic heterocycles. The molecule has 3 aromatic carbocycles. The number of carbonyl (C=O) groups excluding carboxylic acids is 1. The van der Waals surface area contributed by atoms with Gasteiger partial charge in [-0.15, -0.1) is 0 Å². The van der Waals surface area contributed by atoms with Crippen LogP contribution in [0.4, 0.5) is 0 Å². The van der Waals surface area contributed by atoms with Gasteiger partial charge in [0.15, 0.2) is 61.7 Å². The molecular formula is C38H36N6O11. The van der Waals surface area contributed by atoms with Crippen LogP contribution in [0.5, 0.6) is 34.5 Å². The van der Waals surface area contributed by atoms with E-state index in [4.69, 9.17) is 81.0 Å². The maximum Gasteiger partial charge on any atom is 0.298 e. The third-order valence-electron chi connectivity index (χ3n) is 5.65. The first-order chi connectivity index (χ1) is 26.6. The summed E-state index contributed by atoms with van der Waals surface area (Å²) in [7, 11) is 6.05. The highest BCUT2D eigenvalue weighted by Crippen LogP contribution is 2.30. The number of ether oxygens (including phenoxy) is 8. The fourth-order valence-electron chi connectivity index (χ4n) is 3.34. The molecule has 0 spiro atoms. The number of nitriles is 5. The number of benzene rings is 3. The molecule has 0 saturated carbocycles. The maximum absolute atomic E-state index is 10.6. The molecule has 0 heterocycles. The first-order valence-electron chi connectivity index (χ1n) is 15.1. The van der Waals surface area contributed by atoms with Crippen molar-refractivity contribution in [3.8, 4) is 64.8 Å². The first-order valence-corrected chi connectivity index (χ1v) is 15.1. The average Bonchev–Trinajstić information content (AvgIpc) is 3.21. The van der Waals surface area contributed by atoms with Crippen molar-refractivity contribution in [3.05, 3.63) is 93.9 Å². The second-order valence-electron chi connectivity index (χ2n) is 9.52. The van der Waals surface area contributed by atoms with E-state index in [9.17, 15) is 4.79 Å². The normalized spacial score (nSPS) is 8.76. The van der Waals surface area contributed by atoms with Gasteiger partial charge >= 0.3 is 0 Å². The Labute approximate surface area is 318 Å². The molecule has 0 unspecified atom stereocenters. The summed E-state index contributed by atoms with van der Waals surface area (Å²) in [6.07, 6.45) is 3.51. The smallest absolute Gasteiger partial charge is 0.298 e. The van der Waals surface area contributed by atoms with Crippen molar-refractivity contribution in [2.75, 3.05) is 62.2 Å². The minimum atomic E-state index is -0.283. The summed E-state index contributed by atoms with van der Waals surface area (Å²) in [5, 5.41) is 60.1. The standard InChI is InChI=1S/C14H14N2O4.C11H14O5.C10H6N2O2.C3H2N2/c1-17-9-19-13-4-3-11(5-12(7-15)8-16)6-14(13)20-10-18-2;1-13-7-15-10-4-3-9(6-12)5-11(10)16-8-14-2;11-5-8(6-12)3-7-1-2-9(13)10(14)4-7;1-5-3-2-4/h3-6H,9-10H2,1-2H3;3-6H,7-8H2,1-2H3;1-4,13-14H;3H2. The molecule has 0 radical (unpaired) electrons. The molecule has 0 atom stereocenters. The Hall–Kier alpha value is -7.61. The number of phenolic OH excluding ortho intramolecular Hbond substituents is 2. The monoisotopic (exact) mass is 752 g/mol. The molecule has 3 aromatic rings. The molecule has 2 N–H and O–H groups in total. The van der Waals surface area contributed by atoms with Crippen LogP contribution in [0.3, 0.4) is 0 Å². The predicted octanol–water partition coefficient (Wildman–Crippen LogP) is 5.50. The van der Waals surface area contributed by atoms with Crippen LogP contribution >= 0.6 is 0 Å². The summed E-state index contributed by atoms with van der Waals surface area (Å²) < 4.78 is 40.5. The Balaban J connectivity index is 0.000000758. The number of allylic oxidation sites excluding steroid dienone is 2. The van der Waals surface area contributed by atoms with Crippen LogP contribution in [0.15, 0.2) is 65.7 Å². The molecule has 17 nitrogen and oxygen atoms in total. The lowest BCUT2D eigenvalue weighted by Gasteiger charge is -2.12. The van der Waals surface area contributed by atoms with Gasteiger partial charge in [-0.3, -0.25) is 4.79 Å². The largest absolute Gasteiger partial charge is 0.504 e. The number of phenols is 2. The van der Waals surface area contributed by atoms with E-state index in [1.165, 1.54) is 58.8 Å². The number of hydrogen-bond acceptors (Lipinski definition) is 16. The van der Waals surface area contributed by atoms with Gasteiger partial charge in [0.25, 0.3) is 6.54 Å². The van der Waals surface area contributed by atoms with Crippen molar-refractivity contribution in [1.82, 2.24) is 0 Å². The summed E-state index contributed by atoms with van der Waals surface area (Å²) in [5.74, 6) is 1.35. The quantitative estimate of drug-likeness (QED) is 0.0485. The minimum absolute atomic E-state index is 0.00764. The van der Waals surface area contributed by atoms with E-state index in [2.05, 4.69) is 4.85 Å². The minimum Gasteiger partial charge on any atom is -0.504 e.